The molecule has 1 fully saturated rings. The van der Waals surface area contributed by atoms with Gasteiger partial charge in [-0.25, -0.2) is 13.1 Å². The molecule has 1 aliphatic rings. The number of benzene rings is 2. The summed E-state index contributed by atoms with van der Waals surface area (Å²) in [7, 11) is -1.47. The minimum atomic E-state index is -3.52. The van der Waals surface area contributed by atoms with Gasteiger partial charge in [-0.3, -0.25) is 4.79 Å². The van der Waals surface area contributed by atoms with E-state index in [1.54, 1.807) is 19.1 Å². The molecule has 0 spiro atoms. The molecule has 0 bridgehead atoms. The van der Waals surface area contributed by atoms with E-state index in [2.05, 4.69) is 16.7 Å². The van der Waals surface area contributed by atoms with Crippen molar-refractivity contribution in [2.24, 2.45) is 0 Å². The van der Waals surface area contributed by atoms with Crippen LogP contribution in [0, 0.1) is 0 Å². The third-order valence-corrected chi connectivity index (χ3v) is 6.34. The predicted molar refractivity (Wildman–Crippen MR) is 105 cm³/mol. The standard InChI is InChI=1S/C20H25N3O3S/c1-3-21-27(25,26)18-11-9-17(10-12-18)20(24)23-14-13-22(2)15-19(23)16-7-5-4-6-8-16/h4-12,19,21H,3,13-15H2,1-2H3. The summed E-state index contributed by atoms with van der Waals surface area (Å²) in [6.07, 6.45) is 0. The molecule has 2 aromatic rings. The van der Waals surface area contributed by atoms with Gasteiger partial charge in [-0.05, 0) is 36.9 Å². The quantitative estimate of drug-likeness (QED) is 0.853. The smallest absolute Gasteiger partial charge is 0.254 e. The summed E-state index contributed by atoms with van der Waals surface area (Å²) in [5.41, 5.74) is 1.60. The number of carbonyl (C=O) groups excluding carboxylic acids is 1. The fourth-order valence-electron chi connectivity index (χ4n) is 3.34. The maximum absolute atomic E-state index is 13.1. The SMILES string of the molecule is CCNS(=O)(=O)c1ccc(C(=O)N2CCN(C)CC2c2ccccc2)cc1. The molecular formula is C20H25N3O3S. The Kier molecular flexibility index (Phi) is 5.94. The summed E-state index contributed by atoms with van der Waals surface area (Å²) >= 11 is 0. The number of amides is 1. The van der Waals surface area contributed by atoms with Crippen LogP contribution in [0.25, 0.3) is 0 Å². The van der Waals surface area contributed by atoms with E-state index in [1.807, 2.05) is 35.2 Å². The molecule has 1 unspecified atom stereocenters. The van der Waals surface area contributed by atoms with E-state index in [-0.39, 0.29) is 16.8 Å². The molecular weight excluding hydrogens is 362 g/mol. The average Bonchev–Trinajstić information content (AvgIpc) is 2.68. The van der Waals surface area contributed by atoms with Gasteiger partial charge in [-0.2, -0.15) is 0 Å². The van der Waals surface area contributed by atoms with Crippen LogP contribution in [0.3, 0.4) is 0 Å². The van der Waals surface area contributed by atoms with Crippen LogP contribution in [0.1, 0.15) is 28.9 Å². The maximum Gasteiger partial charge on any atom is 0.254 e. The number of nitrogens with zero attached hydrogens (tertiary/aromatic N) is 2. The first kappa shape index (κ1) is 19.5. The van der Waals surface area contributed by atoms with Crippen molar-refractivity contribution in [3.05, 3.63) is 65.7 Å². The van der Waals surface area contributed by atoms with Gasteiger partial charge in [-0.15, -0.1) is 0 Å². The van der Waals surface area contributed by atoms with Gasteiger partial charge < -0.3 is 9.80 Å². The zero-order valence-corrected chi connectivity index (χ0v) is 16.4. The van der Waals surface area contributed by atoms with Crippen molar-refractivity contribution in [1.82, 2.24) is 14.5 Å². The van der Waals surface area contributed by atoms with E-state index in [9.17, 15) is 13.2 Å². The molecule has 1 amide bonds. The largest absolute Gasteiger partial charge is 0.329 e. The van der Waals surface area contributed by atoms with Crippen molar-refractivity contribution in [1.29, 1.82) is 0 Å². The number of rotatable bonds is 5. The van der Waals surface area contributed by atoms with Gasteiger partial charge in [0.2, 0.25) is 10.0 Å². The molecule has 144 valence electrons. The van der Waals surface area contributed by atoms with Crippen LogP contribution in [0.5, 0.6) is 0 Å². The molecule has 2 aromatic carbocycles. The second-order valence-corrected chi connectivity index (χ2v) is 8.48. The van der Waals surface area contributed by atoms with Crippen molar-refractivity contribution in [3.8, 4) is 0 Å². The molecule has 0 radical (unpaired) electrons. The third-order valence-electron chi connectivity index (χ3n) is 4.77. The lowest BCUT2D eigenvalue weighted by molar-refractivity contribution is 0.0498. The fourth-order valence-corrected chi connectivity index (χ4v) is 4.38. The Labute approximate surface area is 160 Å². The van der Waals surface area contributed by atoms with Crippen LogP contribution in [0.15, 0.2) is 59.5 Å². The van der Waals surface area contributed by atoms with E-state index >= 15 is 0 Å². The van der Waals surface area contributed by atoms with Gasteiger partial charge in [0.15, 0.2) is 0 Å². The Morgan fingerprint density at radius 1 is 1.07 bits per heavy atom. The van der Waals surface area contributed by atoms with E-state index in [4.69, 9.17) is 0 Å². The highest BCUT2D eigenvalue weighted by molar-refractivity contribution is 7.89. The molecule has 1 N–H and O–H groups in total. The molecule has 1 aliphatic heterocycles. The van der Waals surface area contributed by atoms with Crippen LogP contribution in [-0.2, 0) is 10.0 Å². The lowest BCUT2D eigenvalue weighted by Crippen LogP contribution is -2.49. The summed E-state index contributed by atoms with van der Waals surface area (Å²) in [6.45, 7) is 4.26. The first-order valence-corrected chi connectivity index (χ1v) is 10.5. The Balaban J connectivity index is 1.85. The molecule has 0 saturated carbocycles. The first-order chi connectivity index (χ1) is 12.9. The predicted octanol–water partition coefficient (Wildman–Crippen LogP) is 2.11. The Bertz CT molecular complexity index is 882. The summed E-state index contributed by atoms with van der Waals surface area (Å²) in [5.74, 6) is -0.0793. The van der Waals surface area contributed by atoms with E-state index < -0.39 is 10.0 Å². The average molecular weight is 388 g/mol. The number of hydrogen-bond acceptors (Lipinski definition) is 4. The normalized spacial score (nSPS) is 18.4. The van der Waals surface area contributed by atoms with Crippen LogP contribution in [0.4, 0.5) is 0 Å². The zero-order chi connectivity index (χ0) is 19.4. The minimum Gasteiger partial charge on any atom is -0.329 e. The number of hydrogen-bond donors (Lipinski definition) is 1. The molecule has 27 heavy (non-hydrogen) atoms. The lowest BCUT2D eigenvalue weighted by atomic mass is 10.0. The van der Waals surface area contributed by atoms with E-state index in [1.165, 1.54) is 12.1 Å². The van der Waals surface area contributed by atoms with E-state index in [0.717, 1.165) is 18.7 Å². The van der Waals surface area contributed by atoms with Crippen LogP contribution in [0.2, 0.25) is 0 Å². The van der Waals surface area contributed by atoms with Gasteiger partial charge in [0.05, 0.1) is 10.9 Å². The molecule has 1 saturated heterocycles. The minimum absolute atomic E-state index is 0.0254. The van der Waals surface area contributed by atoms with E-state index in [0.29, 0.717) is 18.7 Å². The maximum atomic E-state index is 13.1. The molecule has 0 aliphatic carbocycles. The highest BCUT2D eigenvalue weighted by Crippen LogP contribution is 2.26. The van der Waals surface area contributed by atoms with Gasteiger partial charge in [0.25, 0.3) is 5.91 Å². The summed E-state index contributed by atoms with van der Waals surface area (Å²) < 4.78 is 26.6. The zero-order valence-electron chi connectivity index (χ0n) is 15.6. The van der Waals surface area contributed by atoms with Crippen molar-refractivity contribution >= 4 is 15.9 Å². The molecule has 0 aromatic heterocycles. The summed E-state index contributed by atoms with van der Waals surface area (Å²) in [5, 5.41) is 0. The molecule has 3 rings (SSSR count). The number of likely N-dealkylation sites (N-methyl/N-ethyl adjacent to an activating group) is 1. The highest BCUT2D eigenvalue weighted by atomic mass is 32.2. The summed E-state index contributed by atoms with van der Waals surface area (Å²) in [4.78, 5) is 17.4. The van der Waals surface area contributed by atoms with Gasteiger partial charge in [-0.1, -0.05) is 37.3 Å². The Morgan fingerprint density at radius 3 is 2.37 bits per heavy atom. The van der Waals surface area contributed by atoms with Gasteiger partial charge >= 0.3 is 0 Å². The number of carbonyl (C=O) groups is 1. The molecule has 6 nitrogen and oxygen atoms in total. The van der Waals surface area contributed by atoms with Crippen LogP contribution >= 0.6 is 0 Å². The third kappa shape index (κ3) is 4.37. The second kappa shape index (κ2) is 8.21. The number of piperazine rings is 1. The first-order valence-electron chi connectivity index (χ1n) is 9.06. The molecule has 1 heterocycles. The second-order valence-electron chi connectivity index (χ2n) is 6.71. The van der Waals surface area contributed by atoms with Crippen molar-refractivity contribution in [3.63, 3.8) is 0 Å². The number of nitrogens with one attached hydrogen (secondary N) is 1. The number of sulfonamides is 1. The van der Waals surface area contributed by atoms with Gasteiger partial charge in [0.1, 0.15) is 0 Å². The van der Waals surface area contributed by atoms with Crippen molar-refractivity contribution in [2.45, 2.75) is 17.9 Å². The Hall–Kier alpha value is -2.22. The summed E-state index contributed by atoms with van der Waals surface area (Å²) in [6, 6.07) is 16.1. The fraction of sp³-hybridized carbons (Fsp3) is 0.350. The van der Waals surface area contributed by atoms with Crippen LogP contribution < -0.4 is 4.72 Å². The lowest BCUT2D eigenvalue weighted by Gasteiger charge is -2.40. The van der Waals surface area contributed by atoms with Crippen molar-refractivity contribution in [2.75, 3.05) is 33.2 Å². The Morgan fingerprint density at radius 2 is 1.74 bits per heavy atom. The molecule has 7 heteroatoms. The van der Waals surface area contributed by atoms with Gasteiger partial charge in [0, 0.05) is 31.7 Å². The topological polar surface area (TPSA) is 69.7 Å². The van der Waals surface area contributed by atoms with Crippen molar-refractivity contribution < 1.29 is 13.2 Å². The molecule has 1 atom stereocenters. The van der Waals surface area contributed by atoms with Crippen LogP contribution in [-0.4, -0.2) is 57.4 Å². The highest BCUT2D eigenvalue weighted by Gasteiger charge is 2.30. The monoisotopic (exact) mass is 387 g/mol.